The highest BCUT2D eigenvalue weighted by molar-refractivity contribution is 9.10. The van der Waals surface area contributed by atoms with Crippen molar-refractivity contribution in [3.05, 3.63) is 22.2 Å². The predicted octanol–water partition coefficient (Wildman–Crippen LogP) is 2.08. The highest BCUT2D eigenvalue weighted by Crippen LogP contribution is 2.36. The van der Waals surface area contributed by atoms with Gasteiger partial charge in [-0.2, -0.15) is 0 Å². The second kappa shape index (κ2) is 7.85. The zero-order chi connectivity index (χ0) is 17.8. The average molecular weight is 392 g/mol. The molecule has 4 N–H and O–H groups in total. The van der Waals surface area contributed by atoms with Gasteiger partial charge in [0.15, 0.2) is 11.5 Å². The lowest BCUT2D eigenvalue weighted by Crippen LogP contribution is -2.38. The van der Waals surface area contributed by atoms with Crippen molar-refractivity contribution in [1.82, 2.24) is 5.32 Å². The van der Waals surface area contributed by atoms with Crippen molar-refractivity contribution in [3.8, 4) is 11.5 Å². The molecule has 0 aliphatic heterocycles. The van der Waals surface area contributed by atoms with Gasteiger partial charge in [-0.25, -0.2) is 4.79 Å². The van der Waals surface area contributed by atoms with Gasteiger partial charge in [-0.1, -0.05) is 15.9 Å². The average Bonchev–Trinajstić information content (AvgIpc) is 2.44. The van der Waals surface area contributed by atoms with Crippen molar-refractivity contribution in [2.45, 2.75) is 38.6 Å². The van der Waals surface area contributed by atoms with E-state index in [0.717, 1.165) is 0 Å². The fourth-order valence-electron chi connectivity index (χ4n) is 1.77. The molecule has 0 aliphatic rings. The Balaban J connectivity index is 2.72. The number of ether oxygens (including phenoxy) is 2. The molecule has 8 heteroatoms. The molecular formula is C15H22BrNO6. The van der Waals surface area contributed by atoms with Crippen LogP contribution in [0.5, 0.6) is 11.5 Å². The van der Waals surface area contributed by atoms with E-state index in [2.05, 4.69) is 21.2 Å². The molecule has 23 heavy (non-hydrogen) atoms. The molecule has 0 saturated heterocycles. The summed E-state index contributed by atoms with van der Waals surface area (Å²) in [6.07, 6.45) is -3.30. The number of halogens is 1. The van der Waals surface area contributed by atoms with Gasteiger partial charge in [-0.3, -0.25) is 0 Å². The number of methoxy groups -OCH3 is 1. The number of nitrogens with one attached hydrogen (secondary N) is 1. The van der Waals surface area contributed by atoms with Crippen LogP contribution < -0.4 is 10.1 Å². The van der Waals surface area contributed by atoms with E-state index in [9.17, 15) is 20.1 Å². The monoisotopic (exact) mass is 391 g/mol. The number of benzene rings is 1. The molecule has 1 amide bonds. The van der Waals surface area contributed by atoms with Crippen LogP contribution in [-0.4, -0.2) is 46.8 Å². The van der Waals surface area contributed by atoms with E-state index in [-0.39, 0.29) is 23.6 Å². The van der Waals surface area contributed by atoms with Crippen LogP contribution in [0.2, 0.25) is 0 Å². The molecule has 0 radical (unpaired) electrons. The SMILES string of the molecule is COc1cc(Br)c(C(O)C(O)CNC(=O)OC(C)(C)C)cc1O. The minimum Gasteiger partial charge on any atom is -0.504 e. The van der Waals surface area contributed by atoms with Gasteiger partial charge < -0.3 is 30.1 Å². The molecule has 0 aromatic heterocycles. The third-order valence-electron chi connectivity index (χ3n) is 2.84. The number of aliphatic hydroxyl groups is 2. The highest BCUT2D eigenvalue weighted by atomic mass is 79.9. The van der Waals surface area contributed by atoms with Crippen molar-refractivity contribution >= 4 is 22.0 Å². The van der Waals surface area contributed by atoms with Crippen LogP contribution in [0.25, 0.3) is 0 Å². The number of alkyl carbamates (subject to hydrolysis) is 1. The Morgan fingerprint density at radius 1 is 1.35 bits per heavy atom. The number of carbonyl (C=O) groups excluding carboxylic acids is 1. The van der Waals surface area contributed by atoms with Crippen LogP contribution in [0.4, 0.5) is 4.79 Å². The smallest absolute Gasteiger partial charge is 0.407 e. The predicted molar refractivity (Wildman–Crippen MR) is 87.6 cm³/mol. The largest absolute Gasteiger partial charge is 0.504 e. The summed E-state index contributed by atoms with van der Waals surface area (Å²) in [4.78, 5) is 11.5. The number of carbonyl (C=O) groups is 1. The molecule has 0 fully saturated rings. The summed E-state index contributed by atoms with van der Waals surface area (Å²) < 4.78 is 10.4. The van der Waals surface area contributed by atoms with Crippen LogP contribution >= 0.6 is 15.9 Å². The Labute approximate surface area is 143 Å². The second-order valence-corrected chi connectivity index (χ2v) is 6.79. The first kappa shape index (κ1) is 19.5. The Morgan fingerprint density at radius 3 is 2.48 bits per heavy atom. The second-order valence-electron chi connectivity index (χ2n) is 5.94. The lowest BCUT2D eigenvalue weighted by molar-refractivity contribution is 0.0125. The third kappa shape index (κ3) is 5.89. The molecule has 1 aromatic rings. The standard InChI is InChI=1S/C15H22BrNO6/c1-15(2,3)23-14(21)17-7-11(19)13(20)8-5-10(18)12(22-4)6-9(8)16/h5-6,11,13,18-20H,7H2,1-4H3,(H,17,21). The Morgan fingerprint density at radius 2 is 1.96 bits per heavy atom. The van der Waals surface area contributed by atoms with Crippen LogP contribution in [0.1, 0.15) is 32.4 Å². The number of rotatable bonds is 5. The fourth-order valence-corrected chi connectivity index (χ4v) is 2.33. The van der Waals surface area contributed by atoms with Crippen LogP contribution in [0.3, 0.4) is 0 Å². The zero-order valence-electron chi connectivity index (χ0n) is 13.5. The summed E-state index contributed by atoms with van der Waals surface area (Å²) in [7, 11) is 1.40. The molecule has 2 unspecified atom stereocenters. The number of hydrogen-bond donors (Lipinski definition) is 4. The third-order valence-corrected chi connectivity index (χ3v) is 3.52. The molecule has 7 nitrogen and oxygen atoms in total. The summed E-state index contributed by atoms with van der Waals surface area (Å²) >= 11 is 3.24. The van der Waals surface area contributed by atoms with Crippen LogP contribution in [0, 0.1) is 0 Å². The molecule has 0 bridgehead atoms. The Kier molecular flexibility index (Phi) is 6.67. The van der Waals surface area contributed by atoms with Crippen molar-refractivity contribution in [3.63, 3.8) is 0 Å². The maximum Gasteiger partial charge on any atom is 0.407 e. The number of amides is 1. The van der Waals surface area contributed by atoms with E-state index in [1.807, 2.05) is 0 Å². The van der Waals surface area contributed by atoms with E-state index in [4.69, 9.17) is 9.47 Å². The van der Waals surface area contributed by atoms with Crippen molar-refractivity contribution in [2.75, 3.05) is 13.7 Å². The first-order valence-electron chi connectivity index (χ1n) is 6.94. The molecule has 0 aliphatic carbocycles. The number of phenols is 1. The van der Waals surface area contributed by atoms with Gasteiger partial charge in [0.1, 0.15) is 17.8 Å². The van der Waals surface area contributed by atoms with E-state index in [0.29, 0.717) is 4.47 Å². The van der Waals surface area contributed by atoms with Gasteiger partial charge in [0.05, 0.1) is 7.11 Å². The van der Waals surface area contributed by atoms with E-state index in [1.54, 1.807) is 20.8 Å². The van der Waals surface area contributed by atoms with E-state index in [1.165, 1.54) is 19.2 Å². The van der Waals surface area contributed by atoms with E-state index >= 15 is 0 Å². The lowest BCUT2D eigenvalue weighted by atomic mass is 10.0. The molecule has 2 atom stereocenters. The summed E-state index contributed by atoms with van der Waals surface area (Å²) in [6.45, 7) is 4.94. The topological polar surface area (TPSA) is 108 Å². The highest BCUT2D eigenvalue weighted by Gasteiger charge is 2.24. The molecule has 0 heterocycles. The van der Waals surface area contributed by atoms with E-state index < -0.39 is 23.9 Å². The molecular weight excluding hydrogens is 370 g/mol. The zero-order valence-corrected chi connectivity index (χ0v) is 15.0. The minimum atomic E-state index is -1.32. The quantitative estimate of drug-likeness (QED) is 0.611. The number of phenolic OH excluding ortho intramolecular Hbond substituents is 1. The van der Waals surface area contributed by atoms with Crippen LogP contribution in [0.15, 0.2) is 16.6 Å². The lowest BCUT2D eigenvalue weighted by Gasteiger charge is -2.23. The first-order valence-corrected chi connectivity index (χ1v) is 7.74. The van der Waals surface area contributed by atoms with Gasteiger partial charge in [0, 0.05) is 16.6 Å². The fraction of sp³-hybridized carbons (Fsp3) is 0.533. The maximum absolute atomic E-state index is 11.5. The maximum atomic E-state index is 11.5. The molecule has 1 aromatic carbocycles. The van der Waals surface area contributed by atoms with Crippen molar-refractivity contribution < 1.29 is 29.6 Å². The molecule has 130 valence electrons. The van der Waals surface area contributed by atoms with Crippen molar-refractivity contribution in [1.29, 1.82) is 0 Å². The summed E-state index contributed by atoms with van der Waals surface area (Å²) in [6, 6.07) is 2.76. The van der Waals surface area contributed by atoms with Gasteiger partial charge in [0.2, 0.25) is 0 Å². The van der Waals surface area contributed by atoms with Gasteiger partial charge in [-0.05, 0) is 32.9 Å². The van der Waals surface area contributed by atoms with Gasteiger partial charge >= 0.3 is 6.09 Å². The van der Waals surface area contributed by atoms with Crippen LogP contribution in [-0.2, 0) is 4.74 Å². The summed E-state index contributed by atoms with van der Waals surface area (Å²) in [5, 5.41) is 32.3. The first-order chi connectivity index (χ1) is 10.5. The molecule has 0 saturated carbocycles. The minimum absolute atomic E-state index is 0.169. The van der Waals surface area contributed by atoms with Gasteiger partial charge in [-0.15, -0.1) is 0 Å². The Hall–Kier alpha value is -1.51. The summed E-state index contributed by atoms with van der Waals surface area (Å²) in [5.41, 5.74) is -0.389. The Bertz CT molecular complexity index is 558. The summed E-state index contributed by atoms with van der Waals surface area (Å²) in [5.74, 6) is 0.0613. The number of aromatic hydroxyl groups is 1. The molecule has 1 rings (SSSR count). The number of hydrogen-bond acceptors (Lipinski definition) is 6. The number of aliphatic hydroxyl groups excluding tert-OH is 2. The van der Waals surface area contributed by atoms with Gasteiger partial charge in [0.25, 0.3) is 0 Å². The van der Waals surface area contributed by atoms with Crippen molar-refractivity contribution in [2.24, 2.45) is 0 Å². The molecule has 0 spiro atoms. The normalized spacial score (nSPS) is 14.0.